The second-order valence-electron chi connectivity index (χ2n) is 11.8. The Bertz CT molecular complexity index is 2530. The number of hydrogen-bond acceptors (Lipinski definition) is 2. The Labute approximate surface area is 267 Å². The van der Waals surface area contributed by atoms with Crippen LogP contribution in [0.2, 0.25) is 0 Å². The molecule has 0 aliphatic carbocycles. The summed E-state index contributed by atoms with van der Waals surface area (Å²) in [5.41, 5.74) is 9.92. The third kappa shape index (κ3) is 4.60. The van der Waals surface area contributed by atoms with Gasteiger partial charge in [0.1, 0.15) is 11.2 Å². The van der Waals surface area contributed by atoms with Crippen molar-refractivity contribution < 1.29 is 4.42 Å². The molecular formula is C44H29NO. The van der Waals surface area contributed by atoms with E-state index in [1.54, 1.807) is 0 Å². The molecule has 9 aromatic rings. The van der Waals surface area contributed by atoms with Crippen LogP contribution in [-0.2, 0) is 0 Å². The minimum Gasteiger partial charge on any atom is -0.456 e. The minimum atomic E-state index is 0.886. The fourth-order valence-corrected chi connectivity index (χ4v) is 6.65. The van der Waals surface area contributed by atoms with Crippen molar-refractivity contribution in [1.82, 2.24) is 0 Å². The topological polar surface area (TPSA) is 16.4 Å². The molecule has 1 aromatic heterocycles. The summed E-state index contributed by atoms with van der Waals surface area (Å²) >= 11 is 0. The van der Waals surface area contributed by atoms with Gasteiger partial charge in [-0.1, -0.05) is 115 Å². The van der Waals surface area contributed by atoms with Crippen LogP contribution in [0.5, 0.6) is 0 Å². The molecule has 0 atom stereocenters. The molecule has 0 aliphatic heterocycles. The molecule has 0 amide bonds. The minimum absolute atomic E-state index is 0.886. The van der Waals surface area contributed by atoms with Gasteiger partial charge in [0.2, 0.25) is 0 Å². The first-order valence-electron chi connectivity index (χ1n) is 15.7. The lowest BCUT2D eigenvalue weighted by Gasteiger charge is -2.25. The molecule has 0 saturated carbocycles. The van der Waals surface area contributed by atoms with Crippen LogP contribution in [-0.4, -0.2) is 0 Å². The van der Waals surface area contributed by atoms with E-state index in [1.807, 2.05) is 12.1 Å². The molecule has 1 heterocycles. The number of furan rings is 1. The molecule has 0 unspecified atom stereocenters. The summed E-state index contributed by atoms with van der Waals surface area (Å²) < 4.78 is 6.26. The number of fused-ring (bicyclic) bond motifs is 5. The molecule has 8 aromatic carbocycles. The molecule has 0 saturated heterocycles. The van der Waals surface area contributed by atoms with Gasteiger partial charge >= 0.3 is 0 Å². The monoisotopic (exact) mass is 587 g/mol. The van der Waals surface area contributed by atoms with E-state index in [-0.39, 0.29) is 0 Å². The molecule has 9 rings (SSSR count). The first-order chi connectivity index (χ1) is 22.8. The molecule has 0 aliphatic rings. The van der Waals surface area contributed by atoms with Gasteiger partial charge in [0.05, 0.1) is 0 Å². The van der Waals surface area contributed by atoms with Crippen LogP contribution in [0.15, 0.2) is 180 Å². The van der Waals surface area contributed by atoms with Crippen molar-refractivity contribution in [2.24, 2.45) is 0 Å². The highest BCUT2D eigenvalue weighted by atomic mass is 16.3. The Morgan fingerprint density at radius 1 is 0.304 bits per heavy atom. The lowest BCUT2D eigenvalue weighted by Crippen LogP contribution is -2.09. The second-order valence-corrected chi connectivity index (χ2v) is 11.8. The average Bonchev–Trinajstić information content (AvgIpc) is 3.50. The normalized spacial score (nSPS) is 11.5. The number of nitrogens with zero attached hydrogens (tertiary/aromatic N) is 1. The predicted octanol–water partition coefficient (Wildman–Crippen LogP) is 12.7. The van der Waals surface area contributed by atoms with Crippen LogP contribution in [0.1, 0.15) is 0 Å². The highest BCUT2D eigenvalue weighted by Gasteiger charge is 2.16. The Kier molecular flexibility index (Phi) is 6.17. The van der Waals surface area contributed by atoms with Gasteiger partial charge in [-0.15, -0.1) is 0 Å². The standard InChI is InChI=1S/C44H29NO/c1-2-10-38(11-3-1)45(40-24-25-42-41-12-6-7-13-43(41)46-44(42)29-40)39-23-22-36-27-35(20-21-37(36)28-39)32-16-14-31(15-17-32)34-19-18-30-8-4-5-9-33(30)26-34/h1-29H. The molecule has 0 radical (unpaired) electrons. The SMILES string of the molecule is c1ccc(N(c2ccc3cc(-c4ccc(-c5ccc6ccccc6c5)cc4)ccc3c2)c2ccc3c(c2)oc2ccccc23)cc1. The van der Waals surface area contributed by atoms with Crippen LogP contribution in [0, 0.1) is 0 Å². The lowest BCUT2D eigenvalue weighted by atomic mass is 9.97. The smallest absolute Gasteiger partial charge is 0.137 e. The zero-order valence-electron chi connectivity index (χ0n) is 25.1. The first kappa shape index (κ1) is 26.3. The van der Waals surface area contributed by atoms with Gasteiger partial charge in [0.15, 0.2) is 0 Å². The Morgan fingerprint density at radius 2 is 0.826 bits per heavy atom. The van der Waals surface area contributed by atoms with Crippen LogP contribution in [0.3, 0.4) is 0 Å². The van der Waals surface area contributed by atoms with E-state index in [0.717, 1.165) is 39.0 Å². The van der Waals surface area contributed by atoms with Gasteiger partial charge in [-0.05, 0) is 98.4 Å². The van der Waals surface area contributed by atoms with Crippen molar-refractivity contribution >= 4 is 60.5 Å². The Balaban J connectivity index is 1.06. The summed E-state index contributed by atoms with van der Waals surface area (Å²) in [4.78, 5) is 2.30. The van der Waals surface area contributed by atoms with Gasteiger partial charge in [0.25, 0.3) is 0 Å². The van der Waals surface area contributed by atoms with Crippen LogP contribution in [0.25, 0.3) is 65.7 Å². The van der Waals surface area contributed by atoms with E-state index in [9.17, 15) is 0 Å². The highest BCUT2D eigenvalue weighted by Crippen LogP contribution is 2.39. The quantitative estimate of drug-likeness (QED) is 0.199. The molecule has 0 fully saturated rings. The number of hydrogen-bond donors (Lipinski definition) is 0. The summed E-state index contributed by atoms with van der Waals surface area (Å²) in [7, 11) is 0. The summed E-state index contributed by atoms with van der Waals surface area (Å²) in [6.45, 7) is 0. The van der Waals surface area contributed by atoms with E-state index < -0.39 is 0 Å². The molecule has 0 bridgehead atoms. The van der Waals surface area contributed by atoms with Crippen LogP contribution < -0.4 is 4.90 Å². The number of anilines is 3. The fraction of sp³-hybridized carbons (Fsp3) is 0. The summed E-state index contributed by atoms with van der Waals surface area (Å²) in [5.74, 6) is 0. The van der Waals surface area contributed by atoms with Crippen LogP contribution in [0.4, 0.5) is 17.1 Å². The van der Waals surface area contributed by atoms with Crippen LogP contribution >= 0.6 is 0 Å². The molecular weight excluding hydrogens is 558 g/mol. The second kappa shape index (κ2) is 10.8. The molecule has 2 heteroatoms. The van der Waals surface area contributed by atoms with Gasteiger partial charge in [-0.3, -0.25) is 0 Å². The average molecular weight is 588 g/mol. The summed E-state index contributed by atoms with van der Waals surface area (Å²) in [6.07, 6.45) is 0. The maximum atomic E-state index is 6.26. The maximum Gasteiger partial charge on any atom is 0.137 e. The van der Waals surface area contributed by atoms with E-state index >= 15 is 0 Å². The first-order valence-corrected chi connectivity index (χ1v) is 15.7. The molecule has 2 nitrogen and oxygen atoms in total. The van der Waals surface area contributed by atoms with E-state index in [0.29, 0.717) is 0 Å². The van der Waals surface area contributed by atoms with Crippen molar-refractivity contribution in [1.29, 1.82) is 0 Å². The van der Waals surface area contributed by atoms with E-state index in [2.05, 4.69) is 169 Å². The van der Waals surface area contributed by atoms with Gasteiger partial charge < -0.3 is 9.32 Å². The van der Waals surface area contributed by atoms with E-state index in [4.69, 9.17) is 4.42 Å². The van der Waals surface area contributed by atoms with Gasteiger partial charge in [-0.2, -0.15) is 0 Å². The van der Waals surface area contributed by atoms with E-state index in [1.165, 1.54) is 43.8 Å². The zero-order chi connectivity index (χ0) is 30.5. The lowest BCUT2D eigenvalue weighted by molar-refractivity contribution is 0.669. The fourth-order valence-electron chi connectivity index (χ4n) is 6.65. The Morgan fingerprint density at radius 3 is 1.61 bits per heavy atom. The van der Waals surface area contributed by atoms with Gasteiger partial charge in [0, 0.05) is 33.9 Å². The molecule has 0 N–H and O–H groups in total. The summed E-state index contributed by atoms with van der Waals surface area (Å²) in [5, 5.41) is 7.20. The maximum absolute atomic E-state index is 6.26. The molecule has 46 heavy (non-hydrogen) atoms. The third-order valence-electron chi connectivity index (χ3n) is 9.02. The highest BCUT2D eigenvalue weighted by molar-refractivity contribution is 6.06. The molecule has 0 spiro atoms. The molecule has 216 valence electrons. The van der Waals surface area contributed by atoms with Crippen molar-refractivity contribution in [3.8, 4) is 22.3 Å². The predicted molar refractivity (Wildman–Crippen MR) is 194 cm³/mol. The zero-order valence-corrected chi connectivity index (χ0v) is 25.1. The van der Waals surface area contributed by atoms with Crippen molar-refractivity contribution in [3.63, 3.8) is 0 Å². The third-order valence-corrected chi connectivity index (χ3v) is 9.02. The number of benzene rings is 8. The van der Waals surface area contributed by atoms with Crippen molar-refractivity contribution in [2.45, 2.75) is 0 Å². The van der Waals surface area contributed by atoms with Crippen molar-refractivity contribution in [3.05, 3.63) is 176 Å². The van der Waals surface area contributed by atoms with Crippen molar-refractivity contribution in [2.75, 3.05) is 4.90 Å². The summed E-state index contributed by atoms with van der Waals surface area (Å²) in [6, 6.07) is 62.8. The Hall–Kier alpha value is -6.12. The number of para-hydroxylation sites is 2. The van der Waals surface area contributed by atoms with Gasteiger partial charge in [-0.25, -0.2) is 0 Å². The largest absolute Gasteiger partial charge is 0.456 e. The number of rotatable bonds is 5.